The molecule has 0 aromatic rings. The predicted octanol–water partition coefficient (Wildman–Crippen LogP) is 0.404. The van der Waals surface area contributed by atoms with Gasteiger partial charge in [0.05, 0.1) is 11.5 Å². The SMILES string of the molecule is N#CC1CCN(C(=O)CC2(C(N)=O)CC2)CC1. The van der Waals surface area contributed by atoms with E-state index >= 15 is 0 Å². The number of rotatable bonds is 3. The number of nitrogens with two attached hydrogens (primary N) is 1. The van der Waals surface area contributed by atoms with E-state index in [1.54, 1.807) is 4.90 Å². The van der Waals surface area contributed by atoms with E-state index in [2.05, 4.69) is 6.07 Å². The summed E-state index contributed by atoms with van der Waals surface area (Å²) >= 11 is 0. The van der Waals surface area contributed by atoms with Crippen LogP contribution in [0.4, 0.5) is 0 Å². The summed E-state index contributed by atoms with van der Waals surface area (Å²) < 4.78 is 0. The Hall–Kier alpha value is -1.57. The number of carbonyl (C=O) groups excluding carboxylic acids is 2. The molecular weight excluding hydrogens is 218 g/mol. The van der Waals surface area contributed by atoms with Gasteiger partial charge in [-0.2, -0.15) is 5.26 Å². The van der Waals surface area contributed by atoms with Crippen LogP contribution in [0.1, 0.15) is 32.1 Å². The number of likely N-dealkylation sites (tertiary alicyclic amines) is 1. The van der Waals surface area contributed by atoms with Crippen molar-refractivity contribution in [2.45, 2.75) is 32.1 Å². The number of carbonyl (C=O) groups is 2. The van der Waals surface area contributed by atoms with Crippen molar-refractivity contribution in [2.24, 2.45) is 17.1 Å². The lowest BCUT2D eigenvalue weighted by molar-refractivity contribution is -0.137. The third-order valence-electron chi connectivity index (χ3n) is 3.90. The van der Waals surface area contributed by atoms with Gasteiger partial charge in [-0.25, -0.2) is 0 Å². The number of primary amides is 1. The molecule has 1 saturated carbocycles. The molecule has 0 radical (unpaired) electrons. The molecule has 0 atom stereocenters. The van der Waals surface area contributed by atoms with E-state index in [-0.39, 0.29) is 24.2 Å². The normalized spacial score (nSPS) is 22.9. The second kappa shape index (κ2) is 4.36. The van der Waals surface area contributed by atoms with Crippen molar-refractivity contribution in [3.8, 4) is 6.07 Å². The Morgan fingerprint density at radius 3 is 2.35 bits per heavy atom. The molecule has 2 fully saturated rings. The summed E-state index contributed by atoms with van der Waals surface area (Å²) in [4.78, 5) is 25.0. The zero-order chi connectivity index (χ0) is 12.5. The molecule has 1 aliphatic carbocycles. The van der Waals surface area contributed by atoms with Gasteiger partial charge >= 0.3 is 0 Å². The number of nitriles is 1. The second-order valence-electron chi connectivity index (χ2n) is 5.11. The minimum Gasteiger partial charge on any atom is -0.369 e. The summed E-state index contributed by atoms with van der Waals surface area (Å²) in [6.45, 7) is 1.26. The topological polar surface area (TPSA) is 87.2 Å². The average Bonchev–Trinajstić information content (AvgIpc) is 3.10. The van der Waals surface area contributed by atoms with Crippen molar-refractivity contribution < 1.29 is 9.59 Å². The van der Waals surface area contributed by atoms with Gasteiger partial charge in [-0.1, -0.05) is 0 Å². The number of nitrogens with zero attached hydrogens (tertiary/aromatic N) is 2. The van der Waals surface area contributed by atoms with Crippen molar-refractivity contribution in [3.05, 3.63) is 0 Å². The maximum atomic E-state index is 12.0. The summed E-state index contributed by atoms with van der Waals surface area (Å²) in [5, 5.41) is 8.77. The summed E-state index contributed by atoms with van der Waals surface area (Å²) in [7, 11) is 0. The Labute approximate surface area is 101 Å². The lowest BCUT2D eigenvalue weighted by atomic mass is 9.96. The van der Waals surface area contributed by atoms with E-state index in [0.717, 1.165) is 25.7 Å². The molecule has 17 heavy (non-hydrogen) atoms. The van der Waals surface area contributed by atoms with Crippen molar-refractivity contribution in [3.63, 3.8) is 0 Å². The molecule has 1 heterocycles. The van der Waals surface area contributed by atoms with Gasteiger partial charge < -0.3 is 10.6 Å². The highest BCUT2D eigenvalue weighted by Crippen LogP contribution is 2.48. The van der Waals surface area contributed by atoms with E-state index < -0.39 is 5.41 Å². The highest BCUT2D eigenvalue weighted by Gasteiger charge is 2.50. The van der Waals surface area contributed by atoms with E-state index in [1.165, 1.54) is 0 Å². The van der Waals surface area contributed by atoms with Crippen LogP contribution in [0.5, 0.6) is 0 Å². The fourth-order valence-corrected chi connectivity index (χ4v) is 2.32. The Kier molecular flexibility index (Phi) is 3.05. The first-order valence-corrected chi connectivity index (χ1v) is 6.05. The maximum absolute atomic E-state index is 12.0. The van der Waals surface area contributed by atoms with Crippen molar-refractivity contribution in [2.75, 3.05) is 13.1 Å². The Balaban J connectivity index is 1.86. The molecule has 2 N–H and O–H groups in total. The third kappa shape index (κ3) is 2.41. The number of piperidine rings is 1. The number of amides is 2. The van der Waals surface area contributed by atoms with Crippen molar-refractivity contribution >= 4 is 11.8 Å². The van der Waals surface area contributed by atoms with Crippen LogP contribution in [0, 0.1) is 22.7 Å². The largest absolute Gasteiger partial charge is 0.369 e. The molecule has 0 unspecified atom stereocenters. The fraction of sp³-hybridized carbons (Fsp3) is 0.750. The average molecular weight is 235 g/mol. The van der Waals surface area contributed by atoms with Crippen molar-refractivity contribution in [1.29, 1.82) is 5.26 Å². The monoisotopic (exact) mass is 235 g/mol. The van der Waals surface area contributed by atoms with E-state index in [9.17, 15) is 9.59 Å². The van der Waals surface area contributed by atoms with Crippen LogP contribution < -0.4 is 5.73 Å². The first-order valence-electron chi connectivity index (χ1n) is 6.05. The molecule has 0 aromatic carbocycles. The maximum Gasteiger partial charge on any atom is 0.224 e. The highest BCUT2D eigenvalue weighted by molar-refractivity contribution is 5.90. The smallest absolute Gasteiger partial charge is 0.224 e. The van der Waals surface area contributed by atoms with Crippen LogP contribution in [0.2, 0.25) is 0 Å². The van der Waals surface area contributed by atoms with Crippen LogP contribution in [0.15, 0.2) is 0 Å². The minimum absolute atomic E-state index is 0.0117. The van der Waals surface area contributed by atoms with Gasteiger partial charge in [0.15, 0.2) is 0 Å². The Morgan fingerprint density at radius 2 is 1.94 bits per heavy atom. The second-order valence-corrected chi connectivity index (χ2v) is 5.11. The van der Waals surface area contributed by atoms with Gasteiger partial charge in [-0.3, -0.25) is 9.59 Å². The van der Waals surface area contributed by atoms with Crippen LogP contribution in [0.25, 0.3) is 0 Å². The van der Waals surface area contributed by atoms with Crippen LogP contribution in [0.3, 0.4) is 0 Å². The van der Waals surface area contributed by atoms with E-state index in [4.69, 9.17) is 11.0 Å². The lowest BCUT2D eigenvalue weighted by Gasteiger charge is -2.30. The van der Waals surface area contributed by atoms with E-state index in [0.29, 0.717) is 13.1 Å². The molecule has 2 amide bonds. The van der Waals surface area contributed by atoms with Gasteiger partial charge in [-0.15, -0.1) is 0 Å². The summed E-state index contributed by atoms with van der Waals surface area (Å²) in [6, 6.07) is 2.23. The molecule has 5 nitrogen and oxygen atoms in total. The van der Waals surface area contributed by atoms with Crippen LogP contribution >= 0.6 is 0 Å². The van der Waals surface area contributed by atoms with Gasteiger partial charge in [0, 0.05) is 25.4 Å². The molecule has 92 valence electrons. The fourth-order valence-electron chi connectivity index (χ4n) is 2.32. The third-order valence-corrected chi connectivity index (χ3v) is 3.90. The predicted molar refractivity (Wildman–Crippen MR) is 60.4 cm³/mol. The molecule has 0 bridgehead atoms. The first-order chi connectivity index (χ1) is 8.07. The van der Waals surface area contributed by atoms with Crippen LogP contribution in [-0.4, -0.2) is 29.8 Å². The number of hydrogen-bond donors (Lipinski definition) is 1. The standard InChI is InChI=1S/C12H17N3O2/c13-8-9-1-5-15(6-2-9)10(16)7-12(3-4-12)11(14)17/h9H,1-7H2,(H2,14,17). The quantitative estimate of drug-likeness (QED) is 0.768. The summed E-state index contributed by atoms with van der Waals surface area (Å²) in [5.41, 5.74) is 4.75. The van der Waals surface area contributed by atoms with Gasteiger partial charge in [0.1, 0.15) is 0 Å². The van der Waals surface area contributed by atoms with Gasteiger partial charge in [0.2, 0.25) is 11.8 Å². The Bertz CT molecular complexity index is 374. The molecule has 1 saturated heterocycles. The first kappa shape index (κ1) is 11.9. The van der Waals surface area contributed by atoms with Gasteiger partial charge in [-0.05, 0) is 25.7 Å². The lowest BCUT2D eigenvalue weighted by Crippen LogP contribution is -2.40. The van der Waals surface area contributed by atoms with Crippen molar-refractivity contribution in [1.82, 2.24) is 4.90 Å². The molecule has 2 aliphatic rings. The van der Waals surface area contributed by atoms with E-state index in [1.807, 2.05) is 0 Å². The zero-order valence-corrected chi connectivity index (χ0v) is 9.82. The molecule has 2 rings (SSSR count). The number of hydrogen-bond acceptors (Lipinski definition) is 3. The Morgan fingerprint density at radius 1 is 1.35 bits per heavy atom. The highest BCUT2D eigenvalue weighted by atomic mass is 16.2. The molecule has 0 aromatic heterocycles. The molecule has 0 spiro atoms. The summed E-state index contributed by atoms with van der Waals surface area (Å²) in [6.07, 6.45) is 3.21. The van der Waals surface area contributed by atoms with Crippen LogP contribution in [-0.2, 0) is 9.59 Å². The molecule has 5 heteroatoms. The zero-order valence-electron chi connectivity index (χ0n) is 9.82. The summed E-state index contributed by atoms with van der Waals surface area (Å²) in [5.74, 6) is -0.263. The molecule has 1 aliphatic heterocycles. The molecular formula is C12H17N3O2. The minimum atomic E-state index is -0.552. The van der Waals surface area contributed by atoms with Gasteiger partial charge in [0.25, 0.3) is 0 Å².